The lowest BCUT2D eigenvalue weighted by Crippen LogP contribution is -2.76. The zero-order valence-corrected chi connectivity index (χ0v) is 16.0. The SMILES string of the molecule is CO[C@]12C(=O)O[C@H]([C@@H]3O[C@@H]31)[C@H]1[C@]3(C)C[C@H](c4ccoc4)OC(=O)C3=CC[C@]12C. The topological polar surface area (TPSA) is 87.5 Å². The van der Waals surface area contributed by atoms with Crippen molar-refractivity contribution in [3.05, 3.63) is 35.8 Å². The van der Waals surface area contributed by atoms with E-state index in [-0.39, 0.29) is 36.2 Å². The van der Waals surface area contributed by atoms with Gasteiger partial charge in [-0.15, -0.1) is 0 Å². The Bertz CT molecular complexity index is 919. The molecule has 28 heavy (non-hydrogen) atoms. The molecule has 1 saturated carbocycles. The van der Waals surface area contributed by atoms with Crippen LogP contribution < -0.4 is 0 Å². The van der Waals surface area contributed by atoms with Crippen molar-refractivity contribution in [2.24, 2.45) is 16.7 Å². The molecule has 7 heteroatoms. The van der Waals surface area contributed by atoms with E-state index in [0.717, 1.165) is 5.56 Å². The van der Waals surface area contributed by atoms with Crippen molar-refractivity contribution in [1.29, 1.82) is 0 Å². The van der Waals surface area contributed by atoms with E-state index in [4.69, 9.17) is 23.4 Å². The highest BCUT2D eigenvalue weighted by Crippen LogP contribution is 2.71. The number of rotatable bonds is 2. The van der Waals surface area contributed by atoms with Crippen LogP contribution in [0.3, 0.4) is 0 Å². The van der Waals surface area contributed by atoms with Crippen molar-refractivity contribution in [2.75, 3.05) is 7.11 Å². The van der Waals surface area contributed by atoms with E-state index in [1.54, 1.807) is 19.6 Å². The number of carbonyl (C=O) groups is 2. The van der Waals surface area contributed by atoms with E-state index in [1.165, 1.54) is 0 Å². The molecular formula is C21H22O7. The van der Waals surface area contributed by atoms with E-state index in [0.29, 0.717) is 18.4 Å². The molecule has 1 aromatic heterocycles. The second kappa shape index (κ2) is 4.89. The van der Waals surface area contributed by atoms with Crippen LogP contribution in [0.25, 0.3) is 0 Å². The predicted molar refractivity (Wildman–Crippen MR) is 92.8 cm³/mol. The number of hydrogen-bond acceptors (Lipinski definition) is 7. The standard InChI is InChI=1S/C21H22O7/c1-19-8-12(10-5-7-25-9-10)26-17(22)11(19)4-6-20(2)15(19)13-14-16(27-14)21(20,24-3)18(23)28-13/h4-5,7,9,12-16H,6,8H2,1-3H3/t12-,13-,14+,15+,16+,19-,20-,21+/m1/s1. The van der Waals surface area contributed by atoms with Gasteiger partial charge in [0, 0.05) is 35.0 Å². The molecule has 0 unspecified atom stereocenters. The Labute approximate surface area is 161 Å². The highest BCUT2D eigenvalue weighted by atomic mass is 16.7. The summed E-state index contributed by atoms with van der Waals surface area (Å²) >= 11 is 0. The van der Waals surface area contributed by atoms with Crippen LogP contribution in [0.1, 0.15) is 38.4 Å². The molecular weight excluding hydrogens is 364 g/mol. The third-order valence-electron chi connectivity index (χ3n) is 8.01. The number of hydrogen-bond donors (Lipinski definition) is 0. The zero-order valence-electron chi connectivity index (χ0n) is 16.0. The molecule has 4 saturated heterocycles. The summed E-state index contributed by atoms with van der Waals surface area (Å²) in [5.74, 6) is -0.763. The third-order valence-corrected chi connectivity index (χ3v) is 8.01. The van der Waals surface area contributed by atoms with Gasteiger partial charge >= 0.3 is 11.9 Å². The fraction of sp³-hybridized carbons (Fsp3) is 0.619. The Morgan fingerprint density at radius 3 is 2.71 bits per heavy atom. The third kappa shape index (κ3) is 1.62. The van der Waals surface area contributed by atoms with Gasteiger partial charge in [-0.3, -0.25) is 0 Å². The molecule has 2 aliphatic carbocycles. The first-order valence-corrected chi connectivity index (χ1v) is 9.72. The highest BCUT2D eigenvalue weighted by molar-refractivity contribution is 5.92. The van der Waals surface area contributed by atoms with Gasteiger partial charge in [-0.1, -0.05) is 19.9 Å². The molecule has 0 N–H and O–H groups in total. The smallest absolute Gasteiger partial charge is 0.342 e. The van der Waals surface area contributed by atoms with Gasteiger partial charge in [-0.05, 0) is 18.9 Å². The van der Waals surface area contributed by atoms with Gasteiger partial charge in [0.15, 0.2) is 5.60 Å². The molecule has 148 valence electrons. The number of epoxide rings is 1. The Morgan fingerprint density at radius 2 is 2.00 bits per heavy atom. The van der Waals surface area contributed by atoms with Crippen LogP contribution in [-0.2, 0) is 28.5 Å². The highest BCUT2D eigenvalue weighted by Gasteiger charge is 2.84. The van der Waals surface area contributed by atoms with Crippen molar-refractivity contribution in [1.82, 2.24) is 0 Å². The molecule has 5 fully saturated rings. The van der Waals surface area contributed by atoms with Crippen LogP contribution in [0, 0.1) is 16.7 Å². The number of furan rings is 1. The molecule has 8 atom stereocenters. The maximum atomic E-state index is 12.9. The first-order chi connectivity index (χ1) is 13.4. The molecule has 0 aromatic carbocycles. The van der Waals surface area contributed by atoms with Crippen LogP contribution in [0.5, 0.6) is 0 Å². The minimum Gasteiger partial charge on any atom is -0.472 e. The molecule has 0 radical (unpaired) electrons. The Balaban J connectivity index is 1.51. The Morgan fingerprint density at radius 1 is 1.18 bits per heavy atom. The first kappa shape index (κ1) is 16.8. The van der Waals surface area contributed by atoms with Gasteiger partial charge in [-0.25, -0.2) is 9.59 Å². The lowest BCUT2D eigenvalue weighted by Gasteiger charge is -2.64. The second-order valence-electron chi connectivity index (χ2n) is 9.12. The number of methoxy groups -OCH3 is 1. The van der Waals surface area contributed by atoms with Crippen LogP contribution in [0.4, 0.5) is 0 Å². The second-order valence-corrected chi connectivity index (χ2v) is 9.12. The van der Waals surface area contributed by atoms with E-state index in [9.17, 15) is 9.59 Å². The maximum Gasteiger partial charge on any atom is 0.342 e. The van der Waals surface area contributed by atoms with Crippen molar-refractivity contribution in [2.45, 2.75) is 56.7 Å². The predicted octanol–water partition coefficient (Wildman–Crippen LogP) is 2.32. The molecule has 7 rings (SSSR count). The van der Waals surface area contributed by atoms with Crippen molar-refractivity contribution in [3.63, 3.8) is 0 Å². The molecule has 4 aliphatic heterocycles. The summed E-state index contributed by atoms with van der Waals surface area (Å²) in [6, 6.07) is 1.82. The van der Waals surface area contributed by atoms with Gasteiger partial charge in [0.05, 0.1) is 12.5 Å². The number of fused-ring (bicyclic) bond motifs is 2. The summed E-state index contributed by atoms with van der Waals surface area (Å²) in [4.78, 5) is 25.9. The van der Waals surface area contributed by atoms with E-state index >= 15 is 0 Å². The fourth-order valence-electron chi connectivity index (χ4n) is 6.81. The van der Waals surface area contributed by atoms with Crippen LogP contribution in [0.15, 0.2) is 34.7 Å². The molecule has 6 aliphatic rings. The zero-order chi connectivity index (χ0) is 19.5. The summed E-state index contributed by atoms with van der Waals surface area (Å²) < 4.78 is 28.6. The number of allylic oxidation sites excluding steroid dienone is 1. The molecule has 0 spiro atoms. The number of carbonyl (C=O) groups excluding carboxylic acids is 2. The monoisotopic (exact) mass is 386 g/mol. The maximum absolute atomic E-state index is 12.9. The van der Waals surface area contributed by atoms with Crippen molar-refractivity contribution in [3.8, 4) is 0 Å². The minimum absolute atomic E-state index is 0.108. The average Bonchev–Trinajstić information content (AvgIpc) is 3.27. The summed E-state index contributed by atoms with van der Waals surface area (Å²) in [5, 5.41) is 0. The van der Waals surface area contributed by atoms with E-state index in [2.05, 4.69) is 13.8 Å². The number of cyclic esters (lactones) is 1. The van der Waals surface area contributed by atoms with E-state index in [1.807, 2.05) is 12.1 Å². The van der Waals surface area contributed by atoms with Crippen molar-refractivity contribution >= 4 is 11.9 Å². The van der Waals surface area contributed by atoms with Gasteiger partial charge < -0.3 is 23.4 Å². The fourth-order valence-corrected chi connectivity index (χ4v) is 6.81. The Kier molecular flexibility index (Phi) is 2.93. The molecule has 2 bridgehead atoms. The number of esters is 2. The van der Waals surface area contributed by atoms with E-state index < -0.39 is 22.5 Å². The van der Waals surface area contributed by atoms with Crippen molar-refractivity contribution < 1.29 is 33.0 Å². The molecule has 7 nitrogen and oxygen atoms in total. The average molecular weight is 386 g/mol. The van der Waals surface area contributed by atoms with Gasteiger partial charge in [0.1, 0.15) is 24.4 Å². The summed E-state index contributed by atoms with van der Waals surface area (Å²) in [6.07, 6.45) is 5.04. The summed E-state index contributed by atoms with van der Waals surface area (Å²) in [7, 11) is 1.55. The molecule has 5 heterocycles. The Hall–Kier alpha value is -2.12. The lowest BCUT2D eigenvalue weighted by molar-refractivity contribution is -0.265. The normalized spacial score (nSPS) is 50.7. The van der Waals surface area contributed by atoms with Gasteiger partial charge in [0.25, 0.3) is 0 Å². The molecule has 0 amide bonds. The van der Waals surface area contributed by atoms with Crippen LogP contribution in [0.2, 0.25) is 0 Å². The first-order valence-electron chi connectivity index (χ1n) is 9.72. The molecule has 1 aromatic rings. The summed E-state index contributed by atoms with van der Waals surface area (Å²) in [5.41, 5.74) is -0.705. The van der Waals surface area contributed by atoms with Crippen LogP contribution in [-0.4, -0.2) is 43.0 Å². The summed E-state index contributed by atoms with van der Waals surface area (Å²) in [6.45, 7) is 4.17. The van der Waals surface area contributed by atoms with Gasteiger partial charge in [0.2, 0.25) is 0 Å². The largest absolute Gasteiger partial charge is 0.472 e. The minimum atomic E-state index is -1.14. The lowest BCUT2D eigenvalue weighted by atomic mass is 9.43. The quantitative estimate of drug-likeness (QED) is 0.569. The number of ether oxygens (including phenoxy) is 4. The van der Waals surface area contributed by atoms with Crippen LogP contribution >= 0.6 is 0 Å². The van der Waals surface area contributed by atoms with Gasteiger partial charge in [-0.2, -0.15) is 0 Å².